The second kappa shape index (κ2) is 5.27. The van der Waals surface area contributed by atoms with E-state index in [9.17, 15) is 10.1 Å². The van der Waals surface area contributed by atoms with Crippen LogP contribution in [-0.4, -0.2) is 9.91 Å². The van der Waals surface area contributed by atoms with E-state index in [2.05, 4.69) is 10.3 Å². The molecule has 0 aliphatic rings. The Morgan fingerprint density at radius 3 is 2.72 bits per heavy atom. The number of aromatic nitrogens is 1. The molecule has 0 saturated carbocycles. The van der Waals surface area contributed by atoms with Crippen molar-refractivity contribution in [3.8, 4) is 0 Å². The minimum Gasteiger partial charge on any atom is -0.373 e. The molecular formula is C13H13N3O2. The Morgan fingerprint density at radius 1 is 1.28 bits per heavy atom. The van der Waals surface area contributed by atoms with Gasteiger partial charge in [0.05, 0.1) is 11.0 Å². The molecule has 92 valence electrons. The number of rotatable bonds is 4. The number of hydrogen-bond donors (Lipinski definition) is 1. The molecule has 5 heteroatoms. The van der Waals surface area contributed by atoms with Crippen molar-refractivity contribution >= 4 is 11.4 Å². The van der Waals surface area contributed by atoms with Crippen LogP contribution >= 0.6 is 0 Å². The molecule has 1 aromatic heterocycles. The standard InChI is InChI=1S/C13H13N3O2/c1-10(11-5-4-8-14-9-11)15-12-6-2-3-7-13(12)16(17)18/h2-10,15H,1H3/t10-/m1/s1. The number of pyridine rings is 1. The maximum absolute atomic E-state index is 10.9. The molecule has 0 aliphatic carbocycles. The number of nitro benzene ring substituents is 1. The van der Waals surface area contributed by atoms with Crippen LogP contribution in [0.1, 0.15) is 18.5 Å². The molecule has 2 rings (SSSR count). The summed E-state index contributed by atoms with van der Waals surface area (Å²) in [6.45, 7) is 1.94. The maximum atomic E-state index is 10.9. The summed E-state index contributed by atoms with van der Waals surface area (Å²) in [5, 5.41) is 14.0. The highest BCUT2D eigenvalue weighted by Gasteiger charge is 2.14. The van der Waals surface area contributed by atoms with Gasteiger partial charge in [0.25, 0.3) is 5.69 Å². The number of nitrogens with one attached hydrogen (secondary N) is 1. The SMILES string of the molecule is C[C@@H](Nc1ccccc1[N+](=O)[O-])c1cccnc1. The molecule has 0 fully saturated rings. The molecule has 0 bridgehead atoms. The molecule has 0 unspecified atom stereocenters. The fourth-order valence-corrected chi connectivity index (χ4v) is 1.70. The predicted octanol–water partition coefficient (Wildman–Crippen LogP) is 3.16. The quantitative estimate of drug-likeness (QED) is 0.661. The van der Waals surface area contributed by atoms with Crippen LogP contribution < -0.4 is 5.32 Å². The number of nitrogens with zero attached hydrogens (tertiary/aromatic N) is 2. The van der Waals surface area contributed by atoms with Crippen LogP contribution in [0.5, 0.6) is 0 Å². The average molecular weight is 243 g/mol. The summed E-state index contributed by atoms with van der Waals surface area (Å²) in [6.07, 6.45) is 3.44. The van der Waals surface area contributed by atoms with Gasteiger partial charge in [-0.25, -0.2) is 0 Å². The monoisotopic (exact) mass is 243 g/mol. The molecule has 1 atom stereocenters. The summed E-state index contributed by atoms with van der Waals surface area (Å²) in [6, 6.07) is 10.3. The predicted molar refractivity (Wildman–Crippen MR) is 69.4 cm³/mol. The molecule has 1 aromatic carbocycles. The van der Waals surface area contributed by atoms with Crippen molar-refractivity contribution in [1.82, 2.24) is 4.98 Å². The minimum absolute atomic E-state index is 0.0419. The van der Waals surface area contributed by atoms with Crippen molar-refractivity contribution in [1.29, 1.82) is 0 Å². The van der Waals surface area contributed by atoms with Crippen LogP contribution in [0.25, 0.3) is 0 Å². The lowest BCUT2D eigenvalue weighted by Gasteiger charge is -2.15. The van der Waals surface area contributed by atoms with Gasteiger partial charge in [-0.15, -0.1) is 0 Å². The van der Waals surface area contributed by atoms with E-state index in [-0.39, 0.29) is 11.7 Å². The number of anilines is 1. The number of hydrogen-bond acceptors (Lipinski definition) is 4. The van der Waals surface area contributed by atoms with E-state index >= 15 is 0 Å². The normalized spacial score (nSPS) is 11.8. The average Bonchev–Trinajstić information content (AvgIpc) is 2.40. The lowest BCUT2D eigenvalue weighted by Crippen LogP contribution is -2.08. The Labute approximate surface area is 105 Å². The lowest BCUT2D eigenvalue weighted by molar-refractivity contribution is -0.384. The topological polar surface area (TPSA) is 68.1 Å². The van der Waals surface area contributed by atoms with Crippen molar-refractivity contribution in [3.05, 3.63) is 64.5 Å². The van der Waals surface area contributed by atoms with Gasteiger partial charge >= 0.3 is 0 Å². The third-order valence-corrected chi connectivity index (χ3v) is 2.66. The van der Waals surface area contributed by atoms with Crippen LogP contribution in [-0.2, 0) is 0 Å². The first-order chi connectivity index (χ1) is 8.68. The van der Waals surface area contributed by atoms with E-state index in [1.165, 1.54) is 6.07 Å². The van der Waals surface area contributed by atoms with Crippen molar-refractivity contribution in [3.63, 3.8) is 0 Å². The van der Waals surface area contributed by atoms with E-state index in [4.69, 9.17) is 0 Å². The van der Waals surface area contributed by atoms with Gasteiger partial charge in [0.2, 0.25) is 0 Å². The molecular weight excluding hydrogens is 230 g/mol. The van der Waals surface area contributed by atoms with Crippen LogP contribution in [0.2, 0.25) is 0 Å². The van der Waals surface area contributed by atoms with E-state index in [0.29, 0.717) is 5.69 Å². The summed E-state index contributed by atoms with van der Waals surface area (Å²) >= 11 is 0. The number of nitro groups is 1. The minimum atomic E-state index is -0.391. The Morgan fingerprint density at radius 2 is 2.06 bits per heavy atom. The third kappa shape index (κ3) is 2.63. The fourth-order valence-electron chi connectivity index (χ4n) is 1.70. The van der Waals surface area contributed by atoms with Crippen molar-refractivity contribution in [2.45, 2.75) is 13.0 Å². The van der Waals surface area contributed by atoms with Gasteiger partial charge in [-0.05, 0) is 24.6 Å². The molecule has 0 saturated heterocycles. The van der Waals surface area contributed by atoms with Crippen LogP contribution in [0.15, 0.2) is 48.8 Å². The van der Waals surface area contributed by atoms with Gasteiger partial charge < -0.3 is 5.32 Å². The zero-order chi connectivity index (χ0) is 13.0. The first-order valence-electron chi connectivity index (χ1n) is 5.58. The Bertz CT molecular complexity index is 543. The van der Waals surface area contributed by atoms with Gasteiger partial charge in [0, 0.05) is 18.5 Å². The van der Waals surface area contributed by atoms with Gasteiger partial charge in [-0.1, -0.05) is 18.2 Å². The molecule has 1 N–H and O–H groups in total. The van der Waals surface area contributed by atoms with Gasteiger partial charge in [-0.3, -0.25) is 15.1 Å². The molecule has 5 nitrogen and oxygen atoms in total. The van der Waals surface area contributed by atoms with Crippen LogP contribution in [0.3, 0.4) is 0 Å². The largest absolute Gasteiger partial charge is 0.373 e. The second-order valence-corrected chi connectivity index (χ2v) is 3.93. The molecule has 0 radical (unpaired) electrons. The van der Waals surface area contributed by atoms with Crippen molar-refractivity contribution < 1.29 is 4.92 Å². The Balaban J connectivity index is 2.22. The molecule has 0 spiro atoms. The van der Waals surface area contributed by atoms with Crippen molar-refractivity contribution in [2.24, 2.45) is 0 Å². The maximum Gasteiger partial charge on any atom is 0.292 e. The fraction of sp³-hybridized carbons (Fsp3) is 0.154. The third-order valence-electron chi connectivity index (χ3n) is 2.66. The molecule has 2 aromatic rings. The second-order valence-electron chi connectivity index (χ2n) is 3.93. The highest BCUT2D eigenvalue weighted by molar-refractivity contribution is 5.61. The molecule has 1 heterocycles. The Hall–Kier alpha value is -2.43. The number of benzene rings is 1. The zero-order valence-electron chi connectivity index (χ0n) is 9.91. The zero-order valence-corrected chi connectivity index (χ0v) is 9.91. The van der Waals surface area contributed by atoms with Gasteiger partial charge in [0.15, 0.2) is 0 Å². The first-order valence-corrected chi connectivity index (χ1v) is 5.58. The molecule has 0 aliphatic heterocycles. The van der Waals surface area contributed by atoms with E-state index in [1.54, 1.807) is 30.6 Å². The number of para-hydroxylation sites is 2. The first kappa shape index (κ1) is 12.0. The highest BCUT2D eigenvalue weighted by atomic mass is 16.6. The summed E-state index contributed by atoms with van der Waals surface area (Å²) in [5.74, 6) is 0. The summed E-state index contributed by atoms with van der Waals surface area (Å²) in [4.78, 5) is 14.5. The van der Waals surface area contributed by atoms with Gasteiger partial charge in [-0.2, -0.15) is 0 Å². The Kier molecular flexibility index (Phi) is 3.52. The van der Waals surface area contributed by atoms with E-state index in [1.807, 2.05) is 19.1 Å². The summed E-state index contributed by atoms with van der Waals surface area (Å²) < 4.78 is 0. The van der Waals surface area contributed by atoms with Crippen LogP contribution in [0.4, 0.5) is 11.4 Å². The highest BCUT2D eigenvalue weighted by Crippen LogP contribution is 2.27. The molecule has 18 heavy (non-hydrogen) atoms. The van der Waals surface area contributed by atoms with Gasteiger partial charge in [0.1, 0.15) is 5.69 Å². The van der Waals surface area contributed by atoms with Crippen LogP contribution in [0, 0.1) is 10.1 Å². The van der Waals surface area contributed by atoms with E-state index < -0.39 is 4.92 Å². The molecule has 0 amide bonds. The van der Waals surface area contributed by atoms with Crippen molar-refractivity contribution in [2.75, 3.05) is 5.32 Å². The summed E-state index contributed by atoms with van der Waals surface area (Å²) in [7, 11) is 0. The summed E-state index contributed by atoms with van der Waals surface area (Å²) in [5.41, 5.74) is 1.57. The lowest BCUT2D eigenvalue weighted by atomic mass is 10.1. The smallest absolute Gasteiger partial charge is 0.292 e. The van der Waals surface area contributed by atoms with E-state index in [0.717, 1.165) is 5.56 Å².